The van der Waals surface area contributed by atoms with Gasteiger partial charge in [0.05, 0.1) is 11.6 Å². The summed E-state index contributed by atoms with van der Waals surface area (Å²) in [4.78, 5) is 26.6. The minimum absolute atomic E-state index is 0.238. The molecule has 0 spiro atoms. The third kappa shape index (κ3) is 6.37. The maximum atomic E-state index is 13.0. The molecule has 4 nitrogen and oxygen atoms in total. The first-order valence-corrected chi connectivity index (χ1v) is 10.0. The highest BCUT2D eigenvalue weighted by Crippen LogP contribution is 2.24. The number of rotatable bonds is 7. The number of esters is 1. The highest BCUT2D eigenvalue weighted by atomic mass is 35.5. The zero-order valence-electron chi connectivity index (χ0n) is 17.1. The lowest BCUT2D eigenvalue weighted by atomic mass is 9.94. The van der Waals surface area contributed by atoms with E-state index >= 15 is 0 Å². The third-order valence-corrected chi connectivity index (χ3v) is 5.04. The van der Waals surface area contributed by atoms with Crippen LogP contribution in [-0.2, 0) is 20.9 Å². The highest BCUT2D eigenvalue weighted by Gasteiger charge is 2.33. The van der Waals surface area contributed by atoms with Gasteiger partial charge in [0, 0.05) is 12.1 Å². The van der Waals surface area contributed by atoms with Crippen LogP contribution in [0.3, 0.4) is 0 Å². The number of amides is 1. The van der Waals surface area contributed by atoms with Gasteiger partial charge in [-0.3, -0.25) is 9.59 Å². The standard InChI is InChI=1S/C24H26ClNO3/c1-4-24(3,16-15-20-13-9-10-14-21(20)25)26(18-19-11-7-6-8-12-19)22(27)17-23(28)29-5-2/h6-14H,4-5,17-18H2,1-3H3. The van der Waals surface area contributed by atoms with Crippen LogP contribution in [0.4, 0.5) is 0 Å². The molecule has 0 heterocycles. The van der Waals surface area contributed by atoms with Crippen LogP contribution in [0, 0.1) is 11.8 Å². The van der Waals surface area contributed by atoms with E-state index in [4.69, 9.17) is 16.3 Å². The lowest BCUT2D eigenvalue weighted by Gasteiger charge is -2.37. The summed E-state index contributed by atoms with van der Waals surface area (Å²) in [7, 11) is 0. The molecule has 0 N–H and O–H groups in total. The maximum Gasteiger partial charge on any atom is 0.315 e. The Bertz CT molecular complexity index is 901. The van der Waals surface area contributed by atoms with Gasteiger partial charge in [0.1, 0.15) is 12.0 Å². The summed E-state index contributed by atoms with van der Waals surface area (Å²) in [6.07, 6.45) is 0.274. The van der Waals surface area contributed by atoms with Crippen LogP contribution in [0.5, 0.6) is 0 Å². The minimum Gasteiger partial charge on any atom is -0.466 e. The number of hydrogen-bond acceptors (Lipinski definition) is 3. The van der Waals surface area contributed by atoms with E-state index in [2.05, 4.69) is 11.8 Å². The van der Waals surface area contributed by atoms with Crippen LogP contribution in [0.25, 0.3) is 0 Å². The molecule has 2 rings (SSSR count). The molecular weight excluding hydrogens is 386 g/mol. The Morgan fingerprint density at radius 2 is 1.72 bits per heavy atom. The smallest absolute Gasteiger partial charge is 0.315 e. The highest BCUT2D eigenvalue weighted by molar-refractivity contribution is 6.31. The number of ether oxygens (including phenoxy) is 1. The molecule has 5 heteroatoms. The van der Waals surface area contributed by atoms with Gasteiger partial charge in [0.2, 0.25) is 5.91 Å². The first-order valence-electron chi connectivity index (χ1n) is 9.67. The van der Waals surface area contributed by atoms with E-state index < -0.39 is 11.5 Å². The van der Waals surface area contributed by atoms with Crippen molar-refractivity contribution >= 4 is 23.5 Å². The molecule has 0 aliphatic heterocycles. The number of hydrogen-bond donors (Lipinski definition) is 0. The number of benzene rings is 2. The quantitative estimate of drug-likeness (QED) is 0.372. The van der Waals surface area contributed by atoms with Gasteiger partial charge >= 0.3 is 5.97 Å². The molecule has 0 aliphatic rings. The van der Waals surface area contributed by atoms with Gasteiger partial charge in [0.15, 0.2) is 0 Å². The van der Waals surface area contributed by atoms with Crippen molar-refractivity contribution < 1.29 is 14.3 Å². The van der Waals surface area contributed by atoms with Gasteiger partial charge in [0.25, 0.3) is 0 Å². The van der Waals surface area contributed by atoms with Crippen molar-refractivity contribution in [1.29, 1.82) is 0 Å². The molecule has 0 saturated heterocycles. The fourth-order valence-corrected chi connectivity index (χ4v) is 3.03. The molecule has 0 aliphatic carbocycles. The average molecular weight is 412 g/mol. The van der Waals surface area contributed by atoms with E-state index in [-0.39, 0.29) is 18.9 Å². The molecule has 29 heavy (non-hydrogen) atoms. The molecule has 1 amide bonds. The van der Waals surface area contributed by atoms with Crippen molar-refractivity contribution in [2.75, 3.05) is 6.61 Å². The van der Waals surface area contributed by atoms with Crippen LogP contribution < -0.4 is 0 Å². The number of nitrogens with zero attached hydrogens (tertiary/aromatic N) is 1. The van der Waals surface area contributed by atoms with Crippen molar-refractivity contribution in [2.45, 2.75) is 45.7 Å². The topological polar surface area (TPSA) is 46.6 Å². The van der Waals surface area contributed by atoms with Crippen LogP contribution in [-0.4, -0.2) is 28.9 Å². The van der Waals surface area contributed by atoms with Gasteiger partial charge in [-0.25, -0.2) is 0 Å². The molecule has 0 aromatic heterocycles. The molecule has 0 saturated carbocycles. The van der Waals surface area contributed by atoms with Gasteiger partial charge < -0.3 is 9.64 Å². The summed E-state index contributed by atoms with van der Waals surface area (Å²) in [5.41, 5.74) is 0.883. The van der Waals surface area contributed by atoms with Crippen molar-refractivity contribution in [2.24, 2.45) is 0 Å². The molecule has 1 unspecified atom stereocenters. The molecule has 152 valence electrons. The van der Waals surface area contributed by atoms with Gasteiger partial charge in [-0.1, -0.05) is 72.8 Å². The van der Waals surface area contributed by atoms with Gasteiger partial charge in [-0.05, 0) is 38.0 Å². The zero-order valence-corrected chi connectivity index (χ0v) is 17.8. The second-order valence-corrected chi connectivity index (χ2v) is 7.21. The Morgan fingerprint density at radius 3 is 2.34 bits per heavy atom. The second kappa shape index (κ2) is 10.7. The monoisotopic (exact) mass is 411 g/mol. The molecule has 0 radical (unpaired) electrons. The molecule has 1 atom stereocenters. The summed E-state index contributed by atoms with van der Waals surface area (Å²) in [6.45, 7) is 6.18. The largest absolute Gasteiger partial charge is 0.466 e. The Balaban J connectivity index is 2.39. The van der Waals surface area contributed by atoms with E-state index in [9.17, 15) is 9.59 Å². The lowest BCUT2D eigenvalue weighted by Crippen LogP contribution is -2.48. The van der Waals surface area contributed by atoms with Crippen LogP contribution >= 0.6 is 11.6 Å². The van der Waals surface area contributed by atoms with Crippen molar-refractivity contribution in [3.8, 4) is 11.8 Å². The third-order valence-electron chi connectivity index (χ3n) is 4.71. The first kappa shape index (κ1) is 22.5. The number of carbonyl (C=O) groups is 2. The SMILES string of the molecule is CCOC(=O)CC(=O)N(Cc1ccccc1)C(C)(C#Cc1ccccc1Cl)CC. The first-order chi connectivity index (χ1) is 13.9. The number of carbonyl (C=O) groups excluding carboxylic acids is 2. The van der Waals surface area contributed by atoms with Crippen LogP contribution in [0.2, 0.25) is 5.02 Å². The van der Waals surface area contributed by atoms with E-state index in [0.717, 1.165) is 5.56 Å². The minimum atomic E-state index is -0.779. The molecular formula is C24H26ClNO3. The Labute approximate surface area is 177 Å². The second-order valence-electron chi connectivity index (χ2n) is 6.80. The lowest BCUT2D eigenvalue weighted by molar-refractivity contribution is -0.150. The average Bonchev–Trinajstić information content (AvgIpc) is 2.72. The fraction of sp³-hybridized carbons (Fsp3) is 0.333. The molecule has 2 aromatic carbocycles. The van der Waals surface area contributed by atoms with Gasteiger partial charge in [-0.15, -0.1) is 0 Å². The van der Waals surface area contributed by atoms with E-state index in [0.29, 0.717) is 23.6 Å². The van der Waals surface area contributed by atoms with Crippen LogP contribution in [0.15, 0.2) is 54.6 Å². The maximum absolute atomic E-state index is 13.0. The summed E-state index contributed by atoms with van der Waals surface area (Å²) < 4.78 is 4.96. The van der Waals surface area contributed by atoms with Gasteiger partial charge in [-0.2, -0.15) is 0 Å². The Morgan fingerprint density at radius 1 is 1.07 bits per heavy atom. The predicted octanol–water partition coefficient (Wildman–Crippen LogP) is 4.84. The van der Waals surface area contributed by atoms with Crippen molar-refractivity contribution in [1.82, 2.24) is 4.90 Å². The zero-order chi connectivity index (χ0) is 21.3. The van der Waals surface area contributed by atoms with E-state index in [1.54, 1.807) is 17.9 Å². The Kier molecular flexibility index (Phi) is 8.30. The fourth-order valence-electron chi connectivity index (χ4n) is 2.85. The van der Waals surface area contributed by atoms with E-state index in [1.165, 1.54) is 0 Å². The van der Waals surface area contributed by atoms with Crippen LogP contribution in [0.1, 0.15) is 44.7 Å². The molecule has 0 bridgehead atoms. The normalized spacial score (nSPS) is 12.3. The summed E-state index contributed by atoms with van der Waals surface area (Å²) in [6, 6.07) is 17.0. The van der Waals surface area contributed by atoms with E-state index in [1.807, 2.05) is 62.4 Å². The predicted molar refractivity (Wildman–Crippen MR) is 115 cm³/mol. The molecule has 2 aromatic rings. The van der Waals surface area contributed by atoms with Crippen molar-refractivity contribution in [3.63, 3.8) is 0 Å². The number of halogens is 1. The Hall–Kier alpha value is -2.77. The summed E-state index contributed by atoms with van der Waals surface area (Å²) in [5, 5.41) is 0.561. The molecule has 0 fully saturated rings. The summed E-state index contributed by atoms with van der Waals surface area (Å²) in [5.74, 6) is 5.49. The summed E-state index contributed by atoms with van der Waals surface area (Å²) >= 11 is 6.23. The van der Waals surface area contributed by atoms with Crippen molar-refractivity contribution in [3.05, 3.63) is 70.7 Å².